The second kappa shape index (κ2) is 19.3. The average molecular weight is 407 g/mol. The minimum absolute atomic E-state index is 0.621. The maximum absolute atomic E-state index is 2.57. The predicted molar refractivity (Wildman–Crippen MR) is 131 cm³/mol. The summed E-state index contributed by atoms with van der Waals surface area (Å²) >= 11 is 0. The van der Waals surface area contributed by atoms with E-state index in [0.717, 1.165) is 0 Å². The first-order valence-corrected chi connectivity index (χ1v) is 13.5. The molecule has 0 fully saturated rings. The summed E-state index contributed by atoms with van der Waals surface area (Å²) in [5.41, 5.74) is 0. The quantitative estimate of drug-likeness (QED) is 0.176. The SMILES string of the molecule is CCCCCCCCCCCCCCCCCCCN1C=CN(C)C1CCCC. The molecule has 0 radical (unpaired) electrons. The Kier molecular flexibility index (Phi) is 17.6. The van der Waals surface area contributed by atoms with Gasteiger partial charge in [-0.3, -0.25) is 0 Å². The summed E-state index contributed by atoms with van der Waals surface area (Å²) in [4.78, 5) is 4.96. The van der Waals surface area contributed by atoms with Gasteiger partial charge in [-0.2, -0.15) is 0 Å². The molecule has 1 aliphatic rings. The van der Waals surface area contributed by atoms with Crippen LogP contribution in [0.15, 0.2) is 12.4 Å². The number of rotatable bonds is 21. The van der Waals surface area contributed by atoms with Crippen LogP contribution < -0.4 is 0 Å². The molecule has 0 aromatic rings. The fourth-order valence-electron chi connectivity index (χ4n) is 4.62. The highest BCUT2D eigenvalue weighted by Gasteiger charge is 2.21. The Morgan fingerprint density at radius 2 is 0.931 bits per heavy atom. The molecule has 0 aliphatic carbocycles. The normalized spacial score (nSPS) is 16.3. The van der Waals surface area contributed by atoms with E-state index in [-0.39, 0.29) is 0 Å². The van der Waals surface area contributed by atoms with Crippen LogP contribution in [0.4, 0.5) is 0 Å². The van der Waals surface area contributed by atoms with Crippen molar-refractivity contribution in [1.29, 1.82) is 0 Å². The fraction of sp³-hybridized carbons (Fsp3) is 0.926. The third-order valence-corrected chi connectivity index (χ3v) is 6.68. The zero-order valence-electron chi connectivity index (χ0n) is 20.5. The van der Waals surface area contributed by atoms with Gasteiger partial charge in [-0.25, -0.2) is 0 Å². The monoisotopic (exact) mass is 406 g/mol. The molecule has 0 amide bonds. The topological polar surface area (TPSA) is 6.48 Å². The molecule has 1 unspecified atom stereocenters. The van der Waals surface area contributed by atoms with Crippen LogP contribution in [0, 0.1) is 0 Å². The van der Waals surface area contributed by atoms with Crippen molar-refractivity contribution in [2.24, 2.45) is 0 Å². The standard InChI is InChI=1S/C27H54N2/c1-4-6-8-9-10-11-12-13-14-15-16-17-18-19-20-21-22-24-29-26-25-28(3)27(29)23-7-5-2/h25-27H,4-24H2,1-3H3. The number of hydrogen-bond donors (Lipinski definition) is 0. The third-order valence-electron chi connectivity index (χ3n) is 6.68. The Balaban J connectivity index is 1.80. The van der Waals surface area contributed by atoms with E-state index in [0.29, 0.717) is 6.17 Å². The maximum atomic E-state index is 2.57. The average Bonchev–Trinajstić information content (AvgIpc) is 3.08. The first kappa shape index (κ1) is 26.4. The summed E-state index contributed by atoms with van der Waals surface area (Å²) in [6, 6.07) is 0. The molecule has 0 saturated heterocycles. The van der Waals surface area contributed by atoms with Crippen LogP contribution in [-0.2, 0) is 0 Å². The van der Waals surface area contributed by atoms with Gasteiger partial charge in [-0.15, -0.1) is 0 Å². The first-order valence-electron chi connectivity index (χ1n) is 13.5. The molecule has 29 heavy (non-hydrogen) atoms. The van der Waals surface area contributed by atoms with Crippen LogP contribution in [-0.4, -0.2) is 29.6 Å². The van der Waals surface area contributed by atoms with E-state index in [1.807, 2.05) is 0 Å². The molecular formula is C27H54N2. The van der Waals surface area contributed by atoms with Crippen molar-refractivity contribution in [3.05, 3.63) is 12.4 Å². The van der Waals surface area contributed by atoms with E-state index in [1.165, 1.54) is 135 Å². The Labute approximate surface area is 184 Å². The van der Waals surface area contributed by atoms with Crippen LogP contribution in [0.3, 0.4) is 0 Å². The summed E-state index contributed by atoms with van der Waals surface area (Å²) in [6.45, 7) is 5.84. The lowest BCUT2D eigenvalue weighted by Crippen LogP contribution is -2.36. The number of nitrogens with zero attached hydrogens (tertiary/aromatic N) is 2. The summed E-state index contributed by atoms with van der Waals surface area (Å²) in [5.74, 6) is 0. The zero-order chi connectivity index (χ0) is 21.0. The first-order chi connectivity index (χ1) is 14.3. The maximum Gasteiger partial charge on any atom is 0.100 e. The largest absolute Gasteiger partial charge is 0.359 e. The van der Waals surface area contributed by atoms with Crippen molar-refractivity contribution >= 4 is 0 Å². The number of unbranched alkanes of at least 4 members (excludes halogenated alkanes) is 17. The zero-order valence-corrected chi connectivity index (χ0v) is 20.5. The van der Waals surface area contributed by atoms with Crippen molar-refractivity contribution in [2.45, 2.75) is 148 Å². The van der Waals surface area contributed by atoms with Gasteiger partial charge in [-0.1, -0.05) is 123 Å². The van der Waals surface area contributed by atoms with E-state index in [1.54, 1.807) is 0 Å². The van der Waals surface area contributed by atoms with Crippen molar-refractivity contribution in [1.82, 2.24) is 9.80 Å². The molecule has 2 nitrogen and oxygen atoms in total. The molecule has 0 aromatic carbocycles. The van der Waals surface area contributed by atoms with E-state index in [4.69, 9.17) is 0 Å². The lowest BCUT2D eigenvalue weighted by atomic mass is 10.0. The van der Waals surface area contributed by atoms with E-state index in [9.17, 15) is 0 Å². The van der Waals surface area contributed by atoms with Crippen LogP contribution >= 0.6 is 0 Å². The highest BCUT2D eigenvalue weighted by Crippen LogP contribution is 2.20. The van der Waals surface area contributed by atoms with Crippen molar-refractivity contribution in [3.8, 4) is 0 Å². The van der Waals surface area contributed by atoms with E-state index < -0.39 is 0 Å². The van der Waals surface area contributed by atoms with Gasteiger partial charge in [-0.05, 0) is 19.3 Å². The fourth-order valence-corrected chi connectivity index (χ4v) is 4.62. The summed E-state index contributed by atoms with van der Waals surface area (Å²) in [6.07, 6.45) is 33.8. The molecule has 1 aliphatic heterocycles. The molecular weight excluding hydrogens is 352 g/mol. The Morgan fingerprint density at radius 3 is 1.38 bits per heavy atom. The van der Waals surface area contributed by atoms with Gasteiger partial charge in [0.1, 0.15) is 6.17 Å². The van der Waals surface area contributed by atoms with Crippen molar-refractivity contribution < 1.29 is 0 Å². The van der Waals surface area contributed by atoms with Crippen molar-refractivity contribution in [2.75, 3.05) is 13.6 Å². The molecule has 172 valence electrons. The van der Waals surface area contributed by atoms with Crippen LogP contribution in [0.1, 0.15) is 142 Å². The smallest absolute Gasteiger partial charge is 0.100 e. The second-order valence-electron chi connectivity index (χ2n) is 9.48. The summed E-state index contributed by atoms with van der Waals surface area (Å²) in [7, 11) is 2.23. The van der Waals surface area contributed by atoms with Crippen LogP contribution in [0.5, 0.6) is 0 Å². The van der Waals surface area contributed by atoms with Gasteiger partial charge in [0.15, 0.2) is 0 Å². The van der Waals surface area contributed by atoms with Crippen LogP contribution in [0.2, 0.25) is 0 Å². The van der Waals surface area contributed by atoms with Crippen molar-refractivity contribution in [3.63, 3.8) is 0 Å². The highest BCUT2D eigenvalue weighted by molar-refractivity contribution is 4.95. The Hall–Kier alpha value is -0.660. The van der Waals surface area contributed by atoms with Crippen LogP contribution in [0.25, 0.3) is 0 Å². The highest BCUT2D eigenvalue weighted by atomic mass is 15.4. The molecule has 1 heterocycles. The summed E-state index contributed by atoms with van der Waals surface area (Å²) in [5, 5.41) is 0. The Bertz CT molecular complexity index is 366. The summed E-state index contributed by atoms with van der Waals surface area (Å²) < 4.78 is 0. The number of hydrogen-bond acceptors (Lipinski definition) is 2. The van der Waals surface area contributed by atoms with Gasteiger partial charge in [0.05, 0.1) is 0 Å². The lowest BCUT2D eigenvalue weighted by Gasteiger charge is -2.30. The Morgan fingerprint density at radius 1 is 0.517 bits per heavy atom. The van der Waals surface area contributed by atoms with Gasteiger partial charge in [0.2, 0.25) is 0 Å². The second-order valence-corrected chi connectivity index (χ2v) is 9.48. The molecule has 0 spiro atoms. The molecule has 0 saturated carbocycles. The molecule has 0 bridgehead atoms. The molecule has 0 aromatic heterocycles. The van der Waals surface area contributed by atoms with Gasteiger partial charge in [0.25, 0.3) is 0 Å². The molecule has 2 heteroatoms. The minimum atomic E-state index is 0.621. The molecule has 1 rings (SSSR count). The minimum Gasteiger partial charge on any atom is -0.359 e. The van der Waals surface area contributed by atoms with Gasteiger partial charge >= 0.3 is 0 Å². The lowest BCUT2D eigenvalue weighted by molar-refractivity contribution is 0.160. The van der Waals surface area contributed by atoms with Gasteiger partial charge in [0, 0.05) is 26.0 Å². The molecule has 0 N–H and O–H groups in total. The van der Waals surface area contributed by atoms with E-state index in [2.05, 4.69) is 43.1 Å². The molecule has 1 atom stereocenters. The van der Waals surface area contributed by atoms with Gasteiger partial charge < -0.3 is 9.80 Å². The van der Waals surface area contributed by atoms with E-state index >= 15 is 0 Å². The predicted octanol–water partition coefficient (Wildman–Crippen LogP) is 8.87. The third kappa shape index (κ3) is 14.1.